The molecule has 4 aromatic rings. The summed E-state index contributed by atoms with van der Waals surface area (Å²) in [5, 5.41) is 31.7. The van der Waals surface area contributed by atoms with E-state index in [1.54, 1.807) is 12.4 Å². The second-order valence-corrected chi connectivity index (χ2v) is 8.43. The standard InChI is InChI=1S/C22H21N5O2S/c28-17-13-30-19(18(17)29)21-25-26-22-20(23-9-10-27(21)22)24-12-14-5-4-8-16(11-14)15-6-2-1-3-7-15/h1-11,17-19,28-29H,12-13H2,(H,23,24)/t17-,18-,19-/m1/s1. The average molecular weight is 420 g/mol. The fourth-order valence-electron chi connectivity index (χ4n) is 3.67. The summed E-state index contributed by atoms with van der Waals surface area (Å²) in [5.74, 6) is 1.73. The third kappa shape index (κ3) is 3.54. The molecule has 1 aliphatic rings. The molecule has 8 heteroatoms. The first-order valence-electron chi connectivity index (χ1n) is 9.76. The molecule has 152 valence electrons. The Balaban J connectivity index is 1.38. The fourth-order valence-corrected chi connectivity index (χ4v) is 4.96. The van der Waals surface area contributed by atoms with E-state index in [0.29, 0.717) is 29.6 Å². The number of hydrogen-bond donors (Lipinski definition) is 3. The van der Waals surface area contributed by atoms with E-state index in [9.17, 15) is 10.2 Å². The van der Waals surface area contributed by atoms with Crippen molar-refractivity contribution >= 4 is 23.2 Å². The number of rotatable bonds is 5. The van der Waals surface area contributed by atoms with Crippen LogP contribution in [0.1, 0.15) is 16.6 Å². The molecule has 2 aromatic carbocycles. The van der Waals surface area contributed by atoms with Gasteiger partial charge >= 0.3 is 0 Å². The number of hydrogen-bond acceptors (Lipinski definition) is 7. The summed E-state index contributed by atoms with van der Waals surface area (Å²) in [6.07, 6.45) is 1.87. The largest absolute Gasteiger partial charge is 0.390 e. The minimum Gasteiger partial charge on any atom is -0.390 e. The normalized spacial score (nSPS) is 21.2. The molecule has 3 N–H and O–H groups in total. The highest BCUT2D eigenvalue weighted by Gasteiger charge is 2.38. The SMILES string of the molecule is O[C@@H]1[C@H](O)CS[C@H]1c1nnc2c(NCc3cccc(-c4ccccc4)c3)nccn12. The third-order valence-corrected chi connectivity index (χ3v) is 6.64. The molecule has 0 amide bonds. The molecule has 7 nitrogen and oxygen atoms in total. The highest BCUT2D eigenvalue weighted by molar-refractivity contribution is 7.99. The number of benzene rings is 2. The van der Waals surface area contributed by atoms with Gasteiger partial charge in [-0.15, -0.1) is 22.0 Å². The molecule has 1 aliphatic heterocycles. The molecule has 0 radical (unpaired) electrons. The van der Waals surface area contributed by atoms with Gasteiger partial charge in [-0.25, -0.2) is 4.98 Å². The zero-order chi connectivity index (χ0) is 20.5. The summed E-state index contributed by atoms with van der Waals surface area (Å²) >= 11 is 1.48. The van der Waals surface area contributed by atoms with E-state index >= 15 is 0 Å². The Hall–Kier alpha value is -2.94. The third-order valence-electron chi connectivity index (χ3n) is 5.25. The maximum atomic E-state index is 10.2. The highest BCUT2D eigenvalue weighted by atomic mass is 32.2. The number of aromatic nitrogens is 4. The maximum absolute atomic E-state index is 10.2. The summed E-state index contributed by atoms with van der Waals surface area (Å²) in [4.78, 5) is 4.42. The molecule has 30 heavy (non-hydrogen) atoms. The predicted molar refractivity (Wildman–Crippen MR) is 117 cm³/mol. The zero-order valence-corrected chi connectivity index (χ0v) is 16.9. The molecule has 0 aliphatic carbocycles. The van der Waals surface area contributed by atoms with E-state index in [2.05, 4.69) is 50.8 Å². The van der Waals surface area contributed by atoms with Crippen LogP contribution in [0.15, 0.2) is 67.0 Å². The lowest BCUT2D eigenvalue weighted by molar-refractivity contribution is 0.0404. The van der Waals surface area contributed by atoms with Gasteiger partial charge in [-0.1, -0.05) is 48.5 Å². The summed E-state index contributed by atoms with van der Waals surface area (Å²) in [7, 11) is 0. The van der Waals surface area contributed by atoms with Crippen LogP contribution in [-0.4, -0.2) is 47.8 Å². The molecule has 0 spiro atoms. The molecule has 3 atom stereocenters. The number of fused-ring (bicyclic) bond motifs is 1. The molecule has 1 fully saturated rings. The number of nitrogens with zero attached hydrogens (tertiary/aromatic N) is 4. The minimum atomic E-state index is -0.854. The van der Waals surface area contributed by atoms with Gasteiger partial charge in [0.05, 0.1) is 17.5 Å². The van der Waals surface area contributed by atoms with Gasteiger partial charge in [0.25, 0.3) is 0 Å². The van der Waals surface area contributed by atoms with Crippen molar-refractivity contribution in [1.29, 1.82) is 0 Å². The topological polar surface area (TPSA) is 95.6 Å². The van der Waals surface area contributed by atoms with Crippen LogP contribution in [0, 0.1) is 0 Å². The lowest BCUT2D eigenvalue weighted by Gasteiger charge is -2.14. The maximum Gasteiger partial charge on any atom is 0.203 e. The van der Waals surface area contributed by atoms with E-state index in [1.807, 2.05) is 28.7 Å². The number of nitrogens with one attached hydrogen (secondary N) is 1. The van der Waals surface area contributed by atoms with E-state index in [-0.39, 0.29) is 5.25 Å². The van der Waals surface area contributed by atoms with Gasteiger partial charge in [-0.05, 0) is 22.8 Å². The lowest BCUT2D eigenvalue weighted by atomic mass is 10.0. The molecule has 2 aromatic heterocycles. The quantitative estimate of drug-likeness (QED) is 0.458. The van der Waals surface area contributed by atoms with Gasteiger partial charge in [0, 0.05) is 24.7 Å². The Morgan fingerprint density at radius 1 is 1.03 bits per heavy atom. The van der Waals surface area contributed by atoms with Crippen LogP contribution >= 0.6 is 11.8 Å². The van der Waals surface area contributed by atoms with Crippen molar-refractivity contribution in [2.75, 3.05) is 11.1 Å². The Kier molecular flexibility index (Phi) is 5.12. The second kappa shape index (κ2) is 8.06. The van der Waals surface area contributed by atoms with E-state index in [4.69, 9.17) is 0 Å². The summed E-state index contributed by atoms with van der Waals surface area (Å²) in [5.41, 5.74) is 4.07. The highest BCUT2D eigenvalue weighted by Crippen LogP contribution is 2.39. The Labute approximate surface area is 177 Å². The van der Waals surface area contributed by atoms with Gasteiger partial charge < -0.3 is 15.5 Å². The molecule has 0 unspecified atom stereocenters. The molecule has 0 saturated carbocycles. The summed E-state index contributed by atoms with van der Waals surface area (Å²) < 4.78 is 1.83. The van der Waals surface area contributed by atoms with Gasteiger partial charge in [0.1, 0.15) is 0 Å². The average Bonchev–Trinajstić information content (AvgIpc) is 3.36. The zero-order valence-electron chi connectivity index (χ0n) is 16.1. The lowest BCUT2D eigenvalue weighted by Crippen LogP contribution is -2.25. The first-order valence-corrected chi connectivity index (χ1v) is 10.8. The molecule has 1 saturated heterocycles. The molecular weight excluding hydrogens is 398 g/mol. The number of aliphatic hydroxyl groups excluding tert-OH is 2. The Morgan fingerprint density at radius 2 is 1.87 bits per heavy atom. The fraction of sp³-hybridized carbons (Fsp3) is 0.227. The second-order valence-electron chi connectivity index (χ2n) is 7.26. The smallest absolute Gasteiger partial charge is 0.203 e. The van der Waals surface area contributed by atoms with Crippen LogP contribution in [0.5, 0.6) is 0 Å². The van der Waals surface area contributed by atoms with E-state index < -0.39 is 12.2 Å². The first-order chi connectivity index (χ1) is 14.7. The van der Waals surface area contributed by atoms with Crippen LogP contribution in [0.2, 0.25) is 0 Å². The van der Waals surface area contributed by atoms with Gasteiger partial charge in [0.2, 0.25) is 5.65 Å². The number of anilines is 1. The Bertz CT molecular complexity index is 1170. The van der Waals surface area contributed by atoms with Crippen LogP contribution in [0.25, 0.3) is 16.8 Å². The number of aliphatic hydroxyl groups is 2. The van der Waals surface area contributed by atoms with Crippen LogP contribution in [0.4, 0.5) is 5.82 Å². The number of thioether (sulfide) groups is 1. The van der Waals surface area contributed by atoms with Crippen LogP contribution < -0.4 is 5.32 Å². The minimum absolute atomic E-state index is 0.312. The van der Waals surface area contributed by atoms with Crippen molar-refractivity contribution in [3.8, 4) is 11.1 Å². The predicted octanol–water partition coefficient (Wildman–Crippen LogP) is 2.91. The van der Waals surface area contributed by atoms with Crippen LogP contribution in [0.3, 0.4) is 0 Å². The monoisotopic (exact) mass is 419 g/mol. The molecule has 5 rings (SSSR count). The summed E-state index contributed by atoms with van der Waals surface area (Å²) in [6, 6.07) is 18.6. The van der Waals surface area contributed by atoms with Crippen molar-refractivity contribution in [2.24, 2.45) is 0 Å². The first kappa shape index (κ1) is 19.0. The Morgan fingerprint density at radius 3 is 2.67 bits per heavy atom. The molecular formula is C22H21N5O2S. The van der Waals surface area contributed by atoms with E-state index in [0.717, 1.165) is 11.1 Å². The van der Waals surface area contributed by atoms with Crippen molar-refractivity contribution in [3.05, 3.63) is 78.4 Å². The van der Waals surface area contributed by atoms with E-state index in [1.165, 1.54) is 17.3 Å². The summed E-state index contributed by atoms with van der Waals surface area (Å²) in [6.45, 7) is 0.592. The molecule has 3 heterocycles. The van der Waals surface area contributed by atoms with Crippen molar-refractivity contribution in [3.63, 3.8) is 0 Å². The van der Waals surface area contributed by atoms with Crippen LogP contribution in [-0.2, 0) is 6.54 Å². The van der Waals surface area contributed by atoms with Crippen molar-refractivity contribution < 1.29 is 10.2 Å². The van der Waals surface area contributed by atoms with Crippen molar-refractivity contribution in [1.82, 2.24) is 19.6 Å². The van der Waals surface area contributed by atoms with Gasteiger partial charge in [-0.2, -0.15) is 0 Å². The van der Waals surface area contributed by atoms with Crippen molar-refractivity contribution in [2.45, 2.75) is 24.0 Å². The van der Waals surface area contributed by atoms with Gasteiger partial charge in [0.15, 0.2) is 11.6 Å². The van der Waals surface area contributed by atoms with Gasteiger partial charge in [-0.3, -0.25) is 4.40 Å². The molecule has 0 bridgehead atoms.